The van der Waals surface area contributed by atoms with Crippen molar-refractivity contribution in [3.63, 3.8) is 0 Å². The quantitative estimate of drug-likeness (QED) is 0.295. The molecule has 31 heavy (non-hydrogen) atoms. The van der Waals surface area contributed by atoms with Crippen LogP contribution in [0.3, 0.4) is 0 Å². The third-order valence-corrected chi connectivity index (χ3v) is 6.23. The van der Waals surface area contributed by atoms with Crippen LogP contribution in [0.15, 0.2) is 82.7 Å². The molecule has 0 spiro atoms. The van der Waals surface area contributed by atoms with Crippen molar-refractivity contribution in [3.8, 4) is 5.69 Å². The van der Waals surface area contributed by atoms with Gasteiger partial charge in [0.2, 0.25) is 5.91 Å². The Morgan fingerprint density at radius 2 is 1.68 bits per heavy atom. The highest BCUT2D eigenvalue weighted by Gasteiger charge is 2.21. The first-order valence-electron chi connectivity index (χ1n) is 9.44. The third-order valence-electron chi connectivity index (χ3n) is 4.60. The third kappa shape index (κ3) is 4.61. The highest BCUT2D eigenvalue weighted by Crippen LogP contribution is 2.28. The maximum absolute atomic E-state index is 13.3. The van der Waals surface area contributed by atoms with E-state index in [2.05, 4.69) is 10.3 Å². The van der Waals surface area contributed by atoms with Crippen molar-refractivity contribution >= 4 is 57.5 Å². The number of thioether (sulfide) groups is 1. The van der Waals surface area contributed by atoms with E-state index in [4.69, 9.17) is 23.2 Å². The lowest BCUT2D eigenvalue weighted by molar-refractivity contribution is -0.115. The number of aromatic nitrogens is 2. The van der Waals surface area contributed by atoms with Crippen LogP contribution in [-0.2, 0) is 4.79 Å². The van der Waals surface area contributed by atoms with Crippen LogP contribution in [0.25, 0.3) is 16.6 Å². The molecule has 4 aromatic rings. The number of nitrogens with one attached hydrogen (secondary N) is 1. The van der Waals surface area contributed by atoms with Gasteiger partial charge < -0.3 is 5.32 Å². The van der Waals surface area contributed by atoms with Gasteiger partial charge in [-0.05, 0) is 55.5 Å². The predicted molar refractivity (Wildman–Crippen MR) is 128 cm³/mol. The number of anilines is 1. The number of hydrogen-bond donors (Lipinski definition) is 1. The zero-order valence-corrected chi connectivity index (χ0v) is 18.7. The highest BCUT2D eigenvalue weighted by atomic mass is 35.5. The Bertz CT molecular complexity index is 1320. The molecule has 1 atom stereocenters. The SMILES string of the molecule is C[C@@H](Sc1nc2ccccc2c(=O)n1-c1ccccc1Cl)C(=O)Nc1ccc(Cl)cc1. The summed E-state index contributed by atoms with van der Waals surface area (Å²) >= 11 is 13.5. The molecule has 0 aliphatic rings. The van der Waals surface area contributed by atoms with Gasteiger partial charge in [-0.15, -0.1) is 0 Å². The van der Waals surface area contributed by atoms with Gasteiger partial charge in [0.15, 0.2) is 5.16 Å². The van der Waals surface area contributed by atoms with Crippen molar-refractivity contribution in [2.45, 2.75) is 17.3 Å². The maximum Gasteiger partial charge on any atom is 0.266 e. The summed E-state index contributed by atoms with van der Waals surface area (Å²) in [6.07, 6.45) is 0. The number of carbonyl (C=O) groups excluding carboxylic acids is 1. The number of fused-ring (bicyclic) bond motifs is 1. The summed E-state index contributed by atoms with van der Waals surface area (Å²) in [5.41, 5.74) is 1.46. The van der Waals surface area contributed by atoms with Crippen LogP contribution in [0.5, 0.6) is 0 Å². The topological polar surface area (TPSA) is 64.0 Å². The first-order chi connectivity index (χ1) is 14.9. The van der Waals surface area contributed by atoms with Gasteiger partial charge in [0.1, 0.15) is 0 Å². The molecule has 5 nitrogen and oxygen atoms in total. The summed E-state index contributed by atoms with van der Waals surface area (Å²) in [5.74, 6) is -0.222. The summed E-state index contributed by atoms with van der Waals surface area (Å²) in [4.78, 5) is 30.7. The van der Waals surface area contributed by atoms with Gasteiger partial charge in [-0.25, -0.2) is 4.98 Å². The van der Waals surface area contributed by atoms with Gasteiger partial charge in [-0.2, -0.15) is 0 Å². The number of hydrogen-bond acceptors (Lipinski definition) is 4. The molecular formula is C23H17Cl2N3O2S. The van der Waals surface area contributed by atoms with Crippen molar-refractivity contribution in [1.82, 2.24) is 9.55 Å². The second kappa shape index (κ2) is 9.14. The van der Waals surface area contributed by atoms with E-state index in [1.807, 2.05) is 6.07 Å². The smallest absolute Gasteiger partial charge is 0.266 e. The molecule has 1 amide bonds. The normalized spacial score (nSPS) is 12.0. The Morgan fingerprint density at radius 3 is 2.42 bits per heavy atom. The lowest BCUT2D eigenvalue weighted by atomic mass is 10.2. The molecule has 3 aromatic carbocycles. The fourth-order valence-corrected chi connectivity index (χ4v) is 4.29. The Labute approximate surface area is 193 Å². The van der Waals surface area contributed by atoms with Crippen molar-refractivity contribution in [2.24, 2.45) is 0 Å². The summed E-state index contributed by atoms with van der Waals surface area (Å²) in [7, 11) is 0. The van der Waals surface area contributed by atoms with E-state index >= 15 is 0 Å². The van der Waals surface area contributed by atoms with Crippen LogP contribution in [0, 0.1) is 0 Å². The zero-order chi connectivity index (χ0) is 22.0. The van der Waals surface area contributed by atoms with Gasteiger partial charge >= 0.3 is 0 Å². The summed E-state index contributed by atoms with van der Waals surface area (Å²) in [6.45, 7) is 1.76. The number of halogens is 2. The second-order valence-corrected chi connectivity index (χ2v) is 8.91. The van der Waals surface area contributed by atoms with E-state index in [1.165, 1.54) is 16.3 Å². The summed E-state index contributed by atoms with van der Waals surface area (Å²) in [6, 6.07) is 21.0. The van der Waals surface area contributed by atoms with Crippen LogP contribution in [-0.4, -0.2) is 20.7 Å². The molecule has 0 bridgehead atoms. The largest absolute Gasteiger partial charge is 0.325 e. The van der Waals surface area contributed by atoms with Crippen molar-refractivity contribution in [2.75, 3.05) is 5.32 Å². The number of carbonyl (C=O) groups is 1. The van der Waals surface area contributed by atoms with Crippen molar-refractivity contribution < 1.29 is 4.79 Å². The monoisotopic (exact) mass is 469 g/mol. The van der Waals surface area contributed by atoms with Crippen LogP contribution >= 0.6 is 35.0 Å². The molecule has 156 valence electrons. The van der Waals surface area contributed by atoms with Gasteiger partial charge in [-0.3, -0.25) is 14.2 Å². The molecular weight excluding hydrogens is 453 g/mol. The minimum absolute atomic E-state index is 0.222. The van der Waals surface area contributed by atoms with Crippen LogP contribution in [0.1, 0.15) is 6.92 Å². The Balaban J connectivity index is 1.73. The second-order valence-electron chi connectivity index (χ2n) is 6.76. The molecule has 8 heteroatoms. The number of benzene rings is 3. The fraction of sp³-hybridized carbons (Fsp3) is 0.0870. The van der Waals surface area contributed by atoms with E-state index in [-0.39, 0.29) is 11.5 Å². The predicted octanol–water partition coefficient (Wildman–Crippen LogP) is 5.81. The van der Waals surface area contributed by atoms with Crippen molar-refractivity contribution in [3.05, 3.63) is 93.2 Å². The maximum atomic E-state index is 13.3. The summed E-state index contributed by atoms with van der Waals surface area (Å²) in [5, 5.41) is 4.19. The Kier molecular flexibility index (Phi) is 6.32. The van der Waals surface area contributed by atoms with Crippen LogP contribution in [0.2, 0.25) is 10.0 Å². The molecule has 0 aliphatic heterocycles. The van der Waals surface area contributed by atoms with Crippen LogP contribution in [0.4, 0.5) is 5.69 Å². The van der Waals surface area contributed by atoms with E-state index in [9.17, 15) is 9.59 Å². The Hall–Kier alpha value is -2.80. The molecule has 1 heterocycles. The number of amides is 1. The van der Waals surface area contributed by atoms with Gasteiger partial charge in [0.25, 0.3) is 5.56 Å². The average Bonchev–Trinajstić information content (AvgIpc) is 2.76. The van der Waals surface area contributed by atoms with E-state index in [0.717, 1.165) is 0 Å². The molecule has 0 aliphatic carbocycles. The number of para-hydroxylation sites is 2. The lowest BCUT2D eigenvalue weighted by Crippen LogP contribution is -2.26. The van der Waals surface area contributed by atoms with E-state index < -0.39 is 5.25 Å². The average molecular weight is 470 g/mol. The molecule has 0 radical (unpaired) electrons. The molecule has 1 aromatic heterocycles. The minimum Gasteiger partial charge on any atom is -0.325 e. The van der Waals surface area contributed by atoms with Gasteiger partial charge in [0, 0.05) is 10.7 Å². The van der Waals surface area contributed by atoms with Crippen LogP contribution < -0.4 is 10.9 Å². The zero-order valence-electron chi connectivity index (χ0n) is 16.4. The van der Waals surface area contributed by atoms with E-state index in [1.54, 1.807) is 73.7 Å². The highest BCUT2D eigenvalue weighted by molar-refractivity contribution is 8.00. The van der Waals surface area contributed by atoms with Gasteiger partial charge in [-0.1, -0.05) is 59.2 Å². The van der Waals surface area contributed by atoms with Crippen molar-refractivity contribution in [1.29, 1.82) is 0 Å². The standard InChI is InChI=1S/C23H17Cl2N3O2S/c1-14(21(29)26-16-12-10-15(24)11-13-16)31-23-27-19-8-4-2-6-17(19)22(30)28(23)20-9-5-3-7-18(20)25/h2-14H,1H3,(H,26,29)/t14-/m1/s1. The molecule has 0 unspecified atom stereocenters. The van der Waals surface area contributed by atoms with Gasteiger partial charge in [0.05, 0.1) is 26.9 Å². The first-order valence-corrected chi connectivity index (χ1v) is 11.1. The molecule has 1 N–H and O–H groups in total. The van der Waals surface area contributed by atoms with E-state index in [0.29, 0.717) is 37.5 Å². The number of nitrogens with zero attached hydrogens (tertiary/aromatic N) is 2. The molecule has 0 saturated carbocycles. The molecule has 4 rings (SSSR count). The fourth-order valence-electron chi connectivity index (χ4n) is 3.03. The Morgan fingerprint density at radius 1 is 1.00 bits per heavy atom. The minimum atomic E-state index is -0.530. The first kappa shape index (κ1) is 21.4. The summed E-state index contributed by atoms with van der Waals surface area (Å²) < 4.78 is 1.46. The molecule has 0 fully saturated rings. The molecule has 0 saturated heterocycles. The number of rotatable bonds is 5. The lowest BCUT2D eigenvalue weighted by Gasteiger charge is -2.17.